The number of Topliss-reactive ketones (excluding diaryl/α,β-unsaturated/α-hetero) is 1. The van der Waals surface area contributed by atoms with Crippen molar-refractivity contribution >= 4 is 16.9 Å². The highest BCUT2D eigenvalue weighted by Crippen LogP contribution is 2.16. The van der Waals surface area contributed by atoms with Crippen LogP contribution in [0.2, 0.25) is 0 Å². The van der Waals surface area contributed by atoms with E-state index in [4.69, 9.17) is 4.55 Å². The van der Waals surface area contributed by atoms with Crippen molar-refractivity contribution in [3.8, 4) is 0 Å². The summed E-state index contributed by atoms with van der Waals surface area (Å²) in [4.78, 5) is 12.2. The van der Waals surface area contributed by atoms with Crippen LogP contribution in [-0.4, -0.2) is 14.5 Å². The standard InChI is InChI=1S/C12H16O3S/c1-3-5-9(2)12(13)10-6-4-7-11(8-10)16(14)15/h4,6-9H,3,5H2,1-2H3,(H,14,15). The maximum Gasteiger partial charge on any atom is 0.186 e. The maximum atomic E-state index is 11.9. The minimum Gasteiger partial charge on any atom is -0.302 e. The minimum absolute atomic E-state index is 0.0348. The van der Waals surface area contributed by atoms with Crippen molar-refractivity contribution in [2.75, 3.05) is 0 Å². The molecule has 2 atom stereocenters. The molecule has 0 aromatic heterocycles. The van der Waals surface area contributed by atoms with E-state index < -0.39 is 11.1 Å². The number of benzene rings is 1. The Bertz CT molecular complexity index is 401. The Labute approximate surface area is 98.2 Å². The Morgan fingerprint density at radius 3 is 2.75 bits per heavy atom. The second-order valence-electron chi connectivity index (χ2n) is 3.83. The van der Waals surface area contributed by atoms with E-state index in [-0.39, 0.29) is 16.6 Å². The lowest BCUT2D eigenvalue weighted by Crippen LogP contribution is -2.11. The van der Waals surface area contributed by atoms with Gasteiger partial charge in [-0.3, -0.25) is 4.79 Å². The van der Waals surface area contributed by atoms with Crippen LogP contribution >= 0.6 is 0 Å². The first kappa shape index (κ1) is 13.1. The lowest BCUT2D eigenvalue weighted by molar-refractivity contribution is 0.0923. The van der Waals surface area contributed by atoms with E-state index in [1.807, 2.05) is 13.8 Å². The molecular weight excluding hydrogens is 224 g/mol. The van der Waals surface area contributed by atoms with Crippen molar-refractivity contribution in [3.05, 3.63) is 29.8 Å². The molecular formula is C12H16O3S. The third-order valence-corrected chi connectivity index (χ3v) is 3.15. The SMILES string of the molecule is CCCC(C)C(=O)c1cccc(S(=O)O)c1. The average Bonchev–Trinajstić information content (AvgIpc) is 2.28. The Balaban J connectivity index is 2.91. The largest absolute Gasteiger partial charge is 0.302 e. The first-order chi connectivity index (χ1) is 7.56. The van der Waals surface area contributed by atoms with Gasteiger partial charge in [-0.15, -0.1) is 0 Å². The molecule has 1 N–H and O–H groups in total. The number of carbonyl (C=O) groups is 1. The molecule has 4 heteroatoms. The maximum absolute atomic E-state index is 11.9. The van der Waals surface area contributed by atoms with Crippen LogP contribution in [0.15, 0.2) is 29.2 Å². The van der Waals surface area contributed by atoms with Crippen molar-refractivity contribution in [1.29, 1.82) is 0 Å². The Morgan fingerprint density at radius 1 is 1.50 bits per heavy atom. The van der Waals surface area contributed by atoms with Crippen molar-refractivity contribution in [2.45, 2.75) is 31.6 Å². The summed E-state index contributed by atoms with van der Waals surface area (Å²) in [6, 6.07) is 6.35. The quantitative estimate of drug-likeness (QED) is 0.636. The monoisotopic (exact) mass is 240 g/mol. The molecule has 0 aliphatic rings. The minimum atomic E-state index is -2.02. The van der Waals surface area contributed by atoms with E-state index in [9.17, 15) is 9.00 Å². The molecule has 0 heterocycles. The van der Waals surface area contributed by atoms with Crippen LogP contribution in [0.4, 0.5) is 0 Å². The van der Waals surface area contributed by atoms with E-state index in [0.717, 1.165) is 12.8 Å². The fraction of sp³-hybridized carbons (Fsp3) is 0.417. The zero-order valence-corrected chi connectivity index (χ0v) is 10.3. The van der Waals surface area contributed by atoms with Gasteiger partial charge in [0.25, 0.3) is 0 Å². The topological polar surface area (TPSA) is 54.4 Å². The summed E-state index contributed by atoms with van der Waals surface area (Å²) in [5.41, 5.74) is 0.515. The van der Waals surface area contributed by atoms with Crippen LogP contribution in [0.1, 0.15) is 37.0 Å². The normalized spacial score (nSPS) is 14.4. The molecule has 0 saturated carbocycles. The Kier molecular flexibility index (Phi) is 4.83. The molecule has 0 aliphatic heterocycles. The van der Waals surface area contributed by atoms with Gasteiger partial charge in [-0.2, -0.15) is 0 Å². The first-order valence-corrected chi connectivity index (χ1v) is 6.42. The second-order valence-corrected chi connectivity index (χ2v) is 4.80. The number of hydrogen-bond acceptors (Lipinski definition) is 2. The zero-order chi connectivity index (χ0) is 12.1. The van der Waals surface area contributed by atoms with Gasteiger partial charge in [0, 0.05) is 11.5 Å². The molecule has 16 heavy (non-hydrogen) atoms. The second kappa shape index (κ2) is 5.92. The number of rotatable bonds is 5. The molecule has 3 nitrogen and oxygen atoms in total. The van der Waals surface area contributed by atoms with Gasteiger partial charge in [0.05, 0.1) is 4.90 Å². The van der Waals surface area contributed by atoms with Crippen LogP contribution in [0.25, 0.3) is 0 Å². The number of ketones is 1. The molecule has 0 saturated heterocycles. The summed E-state index contributed by atoms with van der Waals surface area (Å²) in [7, 11) is 0. The van der Waals surface area contributed by atoms with Crippen LogP contribution in [-0.2, 0) is 11.1 Å². The summed E-state index contributed by atoms with van der Waals surface area (Å²) in [6.07, 6.45) is 1.80. The van der Waals surface area contributed by atoms with E-state index in [0.29, 0.717) is 5.56 Å². The van der Waals surface area contributed by atoms with Gasteiger partial charge in [-0.25, -0.2) is 4.21 Å². The van der Waals surface area contributed by atoms with E-state index >= 15 is 0 Å². The smallest absolute Gasteiger partial charge is 0.186 e. The highest BCUT2D eigenvalue weighted by Gasteiger charge is 2.15. The number of hydrogen-bond donors (Lipinski definition) is 1. The first-order valence-electron chi connectivity index (χ1n) is 5.31. The van der Waals surface area contributed by atoms with Gasteiger partial charge < -0.3 is 4.55 Å². The highest BCUT2D eigenvalue weighted by molar-refractivity contribution is 7.79. The lowest BCUT2D eigenvalue weighted by atomic mass is 9.95. The van der Waals surface area contributed by atoms with Crippen LogP contribution in [0.3, 0.4) is 0 Å². The molecule has 1 aromatic carbocycles. The molecule has 0 radical (unpaired) electrons. The van der Waals surface area contributed by atoms with Crippen molar-refractivity contribution in [2.24, 2.45) is 5.92 Å². The third-order valence-electron chi connectivity index (χ3n) is 2.49. The fourth-order valence-corrected chi connectivity index (χ4v) is 2.03. The Morgan fingerprint density at radius 2 is 2.19 bits per heavy atom. The van der Waals surface area contributed by atoms with Gasteiger partial charge in [0.15, 0.2) is 16.9 Å². The molecule has 0 aliphatic carbocycles. The van der Waals surface area contributed by atoms with E-state index in [1.54, 1.807) is 12.1 Å². The van der Waals surface area contributed by atoms with Gasteiger partial charge in [-0.1, -0.05) is 32.4 Å². The predicted molar refractivity (Wildman–Crippen MR) is 63.9 cm³/mol. The lowest BCUT2D eigenvalue weighted by Gasteiger charge is -2.09. The van der Waals surface area contributed by atoms with E-state index in [1.165, 1.54) is 12.1 Å². The molecule has 1 aromatic rings. The summed E-state index contributed by atoms with van der Waals surface area (Å²) >= 11 is -2.02. The molecule has 0 bridgehead atoms. The molecule has 1 rings (SSSR count). The molecule has 0 amide bonds. The van der Waals surface area contributed by atoms with Gasteiger partial charge >= 0.3 is 0 Å². The molecule has 2 unspecified atom stereocenters. The van der Waals surface area contributed by atoms with Gasteiger partial charge in [0.1, 0.15) is 0 Å². The summed E-state index contributed by atoms with van der Waals surface area (Å²) < 4.78 is 19.8. The average molecular weight is 240 g/mol. The summed E-state index contributed by atoms with van der Waals surface area (Å²) in [5, 5.41) is 0. The Hall–Kier alpha value is -1.00. The molecule has 0 spiro atoms. The third kappa shape index (κ3) is 3.25. The van der Waals surface area contributed by atoms with Crippen molar-refractivity contribution in [3.63, 3.8) is 0 Å². The fourth-order valence-electron chi connectivity index (χ4n) is 1.61. The van der Waals surface area contributed by atoms with Crippen LogP contribution in [0, 0.1) is 5.92 Å². The molecule has 0 fully saturated rings. The number of carbonyl (C=O) groups excluding carboxylic acids is 1. The molecule has 88 valence electrons. The van der Waals surface area contributed by atoms with E-state index in [2.05, 4.69) is 0 Å². The van der Waals surface area contributed by atoms with Crippen molar-refractivity contribution < 1.29 is 13.6 Å². The summed E-state index contributed by atoms with van der Waals surface area (Å²) in [5.74, 6) is 0.00142. The predicted octanol–water partition coefficient (Wildman–Crippen LogP) is 2.89. The van der Waals surface area contributed by atoms with Gasteiger partial charge in [-0.05, 0) is 18.6 Å². The van der Waals surface area contributed by atoms with Gasteiger partial charge in [0.2, 0.25) is 0 Å². The zero-order valence-electron chi connectivity index (χ0n) is 9.47. The highest BCUT2D eigenvalue weighted by atomic mass is 32.2. The van der Waals surface area contributed by atoms with Crippen molar-refractivity contribution in [1.82, 2.24) is 0 Å². The van der Waals surface area contributed by atoms with Crippen LogP contribution < -0.4 is 0 Å². The van der Waals surface area contributed by atoms with Crippen LogP contribution in [0.5, 0.6) is 0 Å². The summed E-state index contributed by atoms with van der Waals surface area (Å²) in [6.45, 7) is 3.91.